The van der Waals surface area contributed by atoms with E-state index in [1.54, 1.807) is 0 Å². The normalized spacial score (nSPS) is 13.2. The number of rotatable bonds is 3. The van der Waals surface area contributed by atoms with E-state index in [4.69, 9.17) is 17.3 Å². The molecule has 1 rings (SSSR count). The molecule has 0 saturated carbocycles. The first-order valence-corrected chi connectivity index (χ1v) is 5.23. The molecule has 0 fully saturated rings. The molecular formula is C11H15ClFNO. The maximum Gasteiger partial charge on any atom is 0.139 e. The highest BCUT2D eigenvalue weighted by Crippen LogP contribution is 2.33. The summed E-state index contributed by atoms with van der Waals surface area (Å²) in [6.07, 6.45) is 0.674. The van der Waals surface area contributed by atoms with Crippen LogP contribution in [0.15, 0.2) is 12.1 Å². The summed E-state index contributed by atoms with van der Waals surface area (Å²) >= 11 is 5.65. The molecule has 15 heavy (non-hydrogen) atoms. The summed E-state index contributed by atoms with van der Waals surface area (Å²) in [4.78, 5) is 0. The lowest BCUT2D eigenvalue weighted by Crippen LogP contribution is -2.13. The van der Waals surface area contributed by atoms with Crippen LogP contribution in [0.3, 0.4) is 0 Å². The van der Waals surface area contributed by atoms with Crippen molar-refractivity contribution in [2.75, 3.05) is 0 Å². The summed E-state index contributed by atoms with van der Waals surface area (Å²) < 4.78 is 13.1. The monoisotopic (exact) mass is 231 g/mol. The van der Waals surface area contributed by atoms with Crippen LogP contribution in [0.2, 0.25) is 5.02 Å². The lowest BCUT2D eigenvalue weighted by atomic mass is 9.97. The number of hydrogen-bond acceptors (Lipinski definition) is 2. The average molecular weight is 232 g/mol. The minimum absolute atomic E-state index is 0.00389. The van der Waals surface area contributed by atoms with Crippen LogP contribution in [0, 0.1) is 11.7 Å². The molecule has 0 spiro atoms. The van der Waals surface area contributed by atoms with Crippen LogP contribution in [-0.2, 0) is 0 Å². The van der Waals surface area contributed by atoms with E-state index in [-0.39, 0.29) is 10.8 Å². The fourth-order valence-electron chi connectivity index (χ4n) is 1.50. The van der Waals surface area contributed by atoms with Gasteiger partial charge in [-0.25, -0.2) is 4.39 Å². The maximum atomic E-state index is 13.1. The highest BCUT2D eigenvalue weighted by Gasteiger charge is 2.16. The molecule has 4 heteroatoms. The number of hydrogen-bond donors (Lipinski definition) is 2. The number of nitrogens with two attached hydrogens (primary N) is 1. The van der Waals surface area contributed by atoms with Crippen molar-refractivity contribution in [1.82, 2.24) is 0 Å². The van der Waals surface area contributed by atoms with Crippen molar-refractivity contribution >= 4 is 11.6 Å². The average Bonchev–Trinajstić information content (AvgIpc) is 2.09. The van der Waals surface area contributed by atoms with Gasteiger partial charge >= 0.3 is 0 Å². The Morgan fingerprint density at radius 1 is 1.47 bits per heavy atom. The lowest BCUT2D eigenvalue weighted by Gasteiger charge is -2.16. The van der Waals surface area contributed by atoms with Gasteiger partial charge in [-0.2, -0.15) is 0 Å². The Bertz CT molecular complexity index is 355. The predicted molar refractivity (Wildman–Crippen MR) is 59.5 cm³/mol. The first kappa shape index (κ1) is 12.3. The molecule has 1 aromatic rings. The second-order valence-electron chi connectivity index (χ2n) is 4.06. The molecule has 0 bridgehead atoms. The Labute approximate surface area is 93.9 Å². The second kappa shape index (κ2) is 4.81. The number of benzene rings is 1. The molecule has 3 N–H and O–H groups in total. The van der Waals surface area contributed by atoms with Crippen LogP contribution < -0.4 is 5.73 Å². The van der Waals surface area contributed by atoms with E-state index in [1.807, 2.05) is 13.8 Å². The Morgan fingerprint density at radius 3 is 2.60 bits per heavy atom. The van der Waals surface area contributed by atoms with Gasteiger partial charge in [0.05, 0.1) is 5.02 Å². The zero-order valence-corrected chi connectivity index (χ0v) is 9.55. The van der Waals surface area contributed by atoms with Crippen LogP contribution in [0.4, 0.5) is 4.39 Å². The van der Waals surface area contributed by atoms with E-state index in [9.17, 15) is 9.50 Å². The predicted octanol–water partition coefficient (Wildman–Crippen LogP) is 3.23. The van der Waals surface area contributed by atoms with Gasteiger partial charge in [0.25, 0.3) is 0 Å². The van der Waals surface area contributed by atoms with Crippen molar-refractivity contribution in [3.05, 3.63) is 28.5 Å². The standard InChI is InChI=1S/C11H15ClFNO/c1-6(2)3-10(14)8-4-7(13)5-9(12)11(8)15/h4-6,10,15H,3,14H2,1-2H3/t10-/m0/s1. The van der Waals surface area contributed by atoms with Gasteiger partial charge in [-0.1, -0.05) is 25.4 Å². The van der Waals surface area contributed by atoms with E-state index in [2.05, 4.69) is 0 Å². The van der Waals surface area contributed by atoms with E-state index in [0.717, 1.165) is 6.07 Å². The Hall–Kier alpha value is -0.800. The maximum absolute atomic E-state index is 13.1. The number of halogens is 2. The molecule has 1 aromatic carbocycles. The zero-order chi connectivity index (χ0) is 11.6. The summed E-state index contributed by atoms with van der Waals surface area (Å²) in [7, 11) is 0. The third kappa shape index (κ3) is 3.08. The first-order chi connectivity index (χ1) is 6.91. The zero-order valence-electron chi connectivity index (χ0n) is 8.80. The molecule has 0 amide bonds. The molecule has 84 valence electrons. The molecule has 0 aliphatic rings. The van der Waals surface area contributed by atoms with Crippen LogP contribution in [0.5, 0.6) is 5.75 Å². The van der Waals surface area contributed by atoms with E-state index >= 15 is 0 Å². The number of phenolic OH excluding ortho intramolecular Hbond substituents is 1. The second-order valence-corrected chi connectivity index (χ2v) is 4.47. The van der Waals surface area contributed by atoms with Gasteiger partial charge < -0.3 is 10.8 Å². The fourth-order valence-corrected chi connectivity index (χ4v) is 1.72. The molecule has 0 unspecified atom stereocenters. The minimum Gasteiger partial charge on any atom is -0.506 e. The van der Waals surface area contributed by atoms with Gasteiger partial charge in [0.1, 0.15) is 11.6 Å². The Morgan fingerprint density at radius 2 is 2.07 bits per heavy atom. The molecule has 0 saturated heterocycles. The Balaban J connectivity index is 3.02. The lowest BCUT2D eigenvalue weighted by molar-refractivity contribution is 0.442. The van der Waals surface area contributed by atoms with Crippen molar-refractivity contribution in [1.29, 1.82) is 0 Å². The van der Waals surface area contributed by atoms with Crippen LogP contribution in [-0.4, -0.2) is 5.11 Å². The van der Waals surface area contributed by atoms with Gasteiger partial charge in [0.15, 0.2) is 0 Å². The summed E-state index contributed by atoms with van der Waals surface area (Å²) in [5.74, 6) is -0.223. The molecule has 0 radical (unpaired) electrons. The smallest absolute Gasteiger partial charge is 0.139 e. The van der Waals surface area contributed by atoms with Crippen molar-refractivity contribution < 1.29 is 9.50 Å². The molecule has 0 heterocycles. The summed E-state index contributed by atoms with van der Waals surface area (Å²) in [5, 5.41) is 9.63. The minimum atomic E-state index is -0.480. The highest BCUT2D eigenvalue weighted by molar-refractivity contribution is 6.32. The van der Waals surface area contributed by atoms with Gasteiger partial charge in [0.2, 0.25) is 0 Å². The first-order valence-electron chi connectivity index (χ1n) is 4.85. The molecule has 0 aliphatic carbocycles. The van der Waals surface area contributed by atoms with Gasteiger partial charge in [-0.3, -0.25) is 0 Å². The third-order valence-corrected chi connectivity index (χ3v) is 2.47. The quantitative estimate of drug-likeness (QED) is 0.839. The highest BCUT2D eigenvalue weighted by atomic mass is 35.5. The van der Waals surface area contributed by atoms with Crippen molar-refractivity contribution in [2.24, 2.45) is 11.7 Å². The fraction of sp³-hybridized carbons (Fsp3) is 0.455. The van der Waals surface area contributed by atoms with Crippen LogP contribution in [0.1, 0.15) is 31.9 Å². The van der Waals surface area contributed by atoms with Crippen LogP contribution in [0.25, 0.3) is 0 Å². The van der Waals surface area contributed by atoms with E-state index in [0.29, 0.717) is 17.9 Å². The molecule has 2 nitrogen and oxygen atoms in total. The number of phenols is 1. The van der Waals surface area contributed by atoms with Gasteiger partial charge in [-0.15, -0.1) is 0 Å². The van der Waals surface area contributed by atoms with Crippen molar-refractivity contribution in [2.45, 2.75) is 26.3 Å². The molecule has 1 atom stereocenters. The Kier molecular flexibility index (Phi) is 3.94. The SMILES string of the molecule is CC(C)C[C@H](N)c1cc(F)cc(Cl)c1O. The summed E-state index contributed by atoms with van der Waals surface area (Å²) in [5.41, 5.74) is 6.22. The van der Waals surface area contributed by atoms with Gasteiger partial charge in [0, 0.05) is 11.6 Å². The van der Waals surface area contributed by atoms with Gasteiger partial charge in [-0.05, 0) is 24.5 Å². The van der Waals surface area contributed by atoms with Crippen molar-refractivity contribution in [3.8, 4) is 5.75 Å². The summed E-state index contributed by atoms with van der Waals surface area (Å²) in [6, 6.07) is 1.91. The largest absolute Gasteiger partial charge is 0.506 e. The van der Waals surface area contributed by atoms with Crippen molar-refractivity contribution in [3.63, 3.8) is 0 Å². The third-order valence-electron chi connectivity index (χ3n) is 2.18. The van der Waals surface area contributed by atoms with E-state index < -0.39 is 11.9 Å². The molecular weight excluding hydrogens is 217 g/mol. The molecule has 0 aliphatic heterocycles. The van der Waals surface area contributed by atoms with E-state index in [1.165, 1.54) is 6.07 Å². The summed E-state index contributed by atoms with van der Waals surface area (Å²) in [6.45, 7) is 4.02. The topological polar surface area (TPSA) is 46.2 Å². The van der Waals surface area contributed by atoms with Crippen LogP contribution >= 0.6 is 11.6 Å². The molecule has 0 aromatic heterocycles. The number of aromatic hydroxyl groups is 1.